The van der Waals surface area contributed by atoms with Gasteiger partial charge in [0.05, 0.1) is 28.9 Å². The van der Waals surface area contributed by atoms with Gasteiger partial charge >= 0.3 is 6.18 Å². The summed E-state index contributed by atoms with van der Waals surface area (Å²) in [6, 6.07) is 10.3. The highest BCUT2D eigenvalue weighted by molar-refractivity contribution is 7.10. The second-order valence-electron chi connectivity index (χ2n) is 10.1. The normalized spacial score (nSPS) is 16.7. The summed E-state index contributed by atoms with van der Waals surface area (Å²) < 4.78 is 48.7. The van der Waals surface area contributed by atoms with E-state index in [4.69, 9.17) is 4.74 Å². The van der Waals surface area contributed by atoms with Crippen molar-refractivity contribution in [3.8, 4) is 11.5 Å². The highest BCUT2D eigenvalue weighted by atomic mass is 32.1. The number of nitrogens with one attached hydrogen (secondary N) is 2. The third-order valence-corrected chi connectivity index (χ3v) is 7.73. The first-order chi connectivity index (χ1) is 19.4. The van der Waals surface area contributed by atoms with Gasteiger partial charge in [0.15, 0.2) is 6.04 Å². The minimum atomic E-state index is -4.59. The fraction of sp³-hybridized carbons (Fsp3) is 0.286. The molecule has 2 unspecified atom stereocenters. The summed E-state index contributed by atoms with van der Waals surface area (Å²) in [6.45, 7) is 5.87. The van der Waals surface area contributed by atoms with Crippen molar-refractivity contribution in [2.75, 3.05) is 10.6 Å². The number of anilines is 2. The molecule has 214 valence electrons. The fourth-order valence-corrected chi connectivity index (χ4v) is 5.55. The molecular weight excluding hydrogens is 559 g/mol. The van der Waals surface area contributed by atoms with Crippen molar-refractivity contribution in [1.29, 1.82) is 0 Å². The topological polar surface area (TPSA) is 111 Å². The molecule has 1 aliphatic rings. The molecule has 0 saturated carbocycles. The molecule has 2 N–H and O–H groups in total. The van der Waals surface area contributed by atoms with Gasteiger partial charge in [-0.25, -0.2) is 4.68 Å². The summed E-state index contributed by atoms with van der Waals surface area (Å²) in [5.74, 6) is -0.116. The zero-order valence-electron chi connectivity index (χ0n) is 22.2. The molecule has 1 amide bonds. The van der Waals surface area contributed by atoms with Crippen LogP contribution in [0.15, 0.2) is 60.1 Å². The lowest BCUT2D eigenvalue weighted by atomic mass is 10.0. The van der Waals surface area contributed by atoms with E-state index >= 15 is 0 Å². The lowest BCUT2D eigenvalue weighted by Gasteiger charge is -2.33. The third kappa shape index (κ3) is 5.89. The van der Waals surface area contributed by atoms with Crippen LogP contribution >= 0.6 is 11.3 Å². The van der Waals surface area contributed by atoms with E-state index in [9.17, 15) is 28.1 Å². The van der Waals surface area contributed by atoms with E-state index in [1.54, 1.807) is 17.5 Å². The molecule has 5 rings (SSSR count). The van der Waals surface area contributed by atoms with Gasteiger partial charge in [0, 0.05) is 23.4 Å². The van der Waals surface area contributed by atoms with E-state index in [0.29, 0.717) is 10.6 Å². The lowest BCUT2D eigenvalue weighted by molar-refractivity contribution is -0.384. The molecule has 0 aliphatic carbocycles. The van der Waals surface area contributed by atoms with Gasteiger partial charge in [-0.15, -0.1) is 11.3 Å². The van der Waals surface area contributed by atoms with Crippen molar-refractivity contribution in [2.24, 2.45) is 0 Å². The van der Waals surface area contributed by atoms with Crippen molar-refractivity contribution in [2.45, 2.75) is 51.4 Å². The average Bonchev–Trinajstić information content (AvgIpc) is 3.57. The zero-order chi connectivity index (χ0) is 29.5. The number of aryl methyl sites for hydroxylation is 1. The lowest BCUT2D eigenvalue weighted by Crippen LogP contribution is -2.36. The van der Waals surface area contributed by atoms with E-state index in [1.165, 1.54) is 23.5 Å². The molecule has 0 spiro atoms. The van der Waals surface area contributed by atoms with Crippen LogP contribution in [0.5, 0.6) is 11.5 Å². The molecule has 0 bridgehead atoms. The molecular formula is C28H26F3N5O4S. The van der Waals surface area contributed by atoms with Crippen LogP contribution in [0.1, 0.15) is 64.6 Å². The van der Waals surface area contributed by atoms with Gasteiger partial charge < -0.3 is 15.4 Å². The molecule has 41 heavy (non-hydrogen) atoms. The fourth-order valence-electron chi connectivity index (χ4n) is 4.76. The SMILES string of the molecule is Cc1ccc(C(C)C)c(Oc2cc(NC(=O)c3cnn4c3NC(c3cccs3)CC4C(F)(F)F)cc([N+](=O)[O-])c2)c1. The largest absolute Gasteiger partial charge is 0.457 e. The summed E-state index contributed by atoms with van der Waals surface area (Å²) >= 11 is 1.31. The zero-order valence-corrected chi connectivity index (χ0v) is 23.0. The molecule has 2 atom stereocenters. The summed E-state index contributed by atoms with van der Waals surface area (Å²) in [5.41, 5.74) is 1.40. The maximum Gasteiger partial charge on any atom is 0.410 e. The number of hydrogen-bond donors (Lipinski definition) is 2. The molecule has 0 radical (unpaired) electrons. The molecule has 3 heterocycles. The number of thiophene rings is 1. The predicted molar refractivity (Wildman–Crippen MR) is 149 cm³/mol. The number of halogens is 3. The Bertz CT molecular complexity index is 1600. The second kappa shape index (κ2) is 10.9. The highest BCUT2D eigenvalue weighted by Gasteiger charge is 2.47. The van der Waals surface area contributed by atoms with Gasteiger partial charge in [-0.3, -0.25) is 14.9 Å². The van der Waals surface area contributed by atoms with Gasteiger partial charge in [-0.05, 0) is 41.5 Å². The molecule has 0 fully saturated rings. The van der Waals surface area contributed by atoms with Gasteiger partial charge in [-0.2, -0.15) is 18.3 Å². The number of benzene rings is 2. The number of ether oxygens (including phenoxy) is 1. The van der Waals surface area contributed by atoms with Crippen molar-refractivity contribution < 1.29 is 27.6 Å². The molecule has 9 nitrogen and oxygen atoms in total. The first-order valence-corrected chi connectivity index (χ1v) is 13.6. The van der Waals surface area contributed by atoms with Crippen LogP contribution in [0.2, 0.25) is 0 Å². The number of nitrogens with zero attached hydrogens (tertiary/aromatic N) is 3. The Morgan fingerprint density at radius 3 is 2.68 bits per heavy atom. The van der Waals surface area contributed by atoms with Crippen LogP contribution in [-0.4, -0.2) is 26.8 Å². The third-order valence-electron chi connectivity index (χ3n) is 6.75. The number of amides is 1. The number of hydrogen-bond acceptors (Lipinski definition) is 7. The van der Waals surface area contributed by atoms with Crippen LogP contribution in [0.4, 0.5) is 30.4 Å². The quantitative estimate of drug-likeness (QED) is 0.168. The number of nitro groups is 1. The van der Waals surface area contributed by atoms with E-state index in [-0.39, 0.29) is 40.8 Å². The van der Waals surface area contributed by atoms with Crippen LogP contribution in [0.3, 0.4) is 0 Å². The van der Waals surface area contributed by atoms with Crippen LogP contribution < -0.4 is 15.4 Å². The Morgan fingerprint density at radius 1 is 1.24 bits per heavy atom. The van der Waals surface area contributed by atoms with Crippen LogP contribution in [0.25, 0.3) is 0 Å². The van der Waals surface area contributed by atoms with Crippen molar-refractivity contribution >= 4 is 34.4 Å². The summed E-state index contributed by atoms with van der Waals surface area (Å²) in [5, 5.41) is 22.9. The number of aromatic nitrogens is 2. The van der Waals surface area contributed by atoms with E-state index < -0.39 is 29.1 Å². The first-order valence-electron chi connectivity index (χ1n) is 12.7. The number of fused-ring (bicyclic) bond motifs is 1. The number of alkyl halides is 3. The van der Waals surface area contributed by atoms with Crippen molar-refractivity contribution in [3.63, 3.8) is 0 Å². The van der Waals surface area contributed by atoms with E-state index in [2.05, 4.69) is 15.7 Å². The predicted octanol–water partition coefficient (Wildman–Crippen LogP) is 7.99. The number of non-ortho nitro benzene ring substituents is 1. The molecule has 4 aromatic rings. The van der Waals surface area contributed by atoms with Gasteiger partial charge in [0.2, 0.25) is 0 Å². The summed E-state index contributed by atoms with van der Waals surface area (Å²) in [7, 11) is 0. The highest BCUT2D eigenvalue weighted by Crippen LogP contribution is 2.45. The smallest absolute Gasteiger partial charge is 0.410 e. The van der Waals surface area contributed by atoms with Crippen molar-refractivity contribution in [3.05, 3.63) is 91.8 Å². The molecule has 0 saturated heterocycles. The monoisotopic (exact) mass is 585 g/mol. The summed E-state index contributed by atoms with van der Waals surface area (Å²) in [6.07, 6.45) is -3.82. The Morgan fingerprint density at radius 2 is 2.02 bits per heavy atom. The van der Waals surface area contributed by atoms with Gasteiger partial charge in [0.1, 0.15) is 22.9 Å². The van der Waals surface area contributed by atoms with E-state index in [0.717, 1.165) is 28.1 Å². The Balaban J connectivity index is 1.47. The molecule has 1 aliphatic heterocycles. The molecule has 13 heteroatoms. The number of rotatable bonds is 7. The average molecular weight is 586 g/mol. The van der Waals surface area contributed by atoms with Gasteiger partial charge in [0.25, 0.3) is 11.6 Å². The second-order valence-corrected chi connectivity index (χ2v) is 11.1. The minimum Gasteiger partial charge on any atom is -0.457 e. The van der Waals surface area contributed by atoms with Crippen LogP contribution in [0, 0.1) is 17.0 Å². The number of nitro benzene ring substituents is 1. The molecule has 2 aromatic carbocycles. The Hall–Kier alpha value is -4.39. The number of carbonyl (C=O) groups is 1. The van der Waals surface area contributed by atoms with E-state index in [1.807, 2.05) is 39.0 Å². The first kappa shape index (κ1) is 28.1. The van der Waals surface area contributed by atoms with Crippen molar-refractivity contribution in [1.82, 2.24) is 9.78 Å². The Labute approximate surface area is 237 Å². The van der Waals surface area contributed by atoms with Gasteiger partial charge in [-0.1, -0.05) is 32.0 Å². The maximum absolute atomic E-state index is 14.0. The van der Waals surface area contributed by atoms with Crippen LogP contribution in [-0.2, 0) is 0 Å². The Kier molecular flexibility index (Phi) is 7.47. The number of carbonyl (C=O) groups excluding carboxylic acids is 1. The summed E-state index contributed by atoms with van der Waals surface area (Å²) in [4.78, 5) is 25.1. The molecule has 2 aromatic heterocycles. The minimum absolute atomic E-state index is 0.0379. The maximum atomic E-state index is 14.0. The standard InChI is InChI=1S/C28H26F3N5O4S/c1-15(2)20-7-6-16(3)9-23(20)40-19-11-17(10-18(12-19)36(38)39)33-27(37)21-14-32-35-25(28(29,30)31)13-22(34-26(21)35)24-5-4-8-41-24/h4-12,14-15,22,25,34H,13H2,1-3H3,(H,33,37).